The molecule has 0 fully saturated rings. The normalized spacial score (nSPS) is 11.1. The third kappa shape index (κ3) is 3.44. The Morgan fingerprint density at radius 3 is 2.68 bits per heavy atom. The maximum Gasteiger partial charge on any atom is 0.0597 e. The van der Waals surface area contributed by atoms with Crippen LogP contribution in [0, 0.1) is 6.92 Å². The van der Waals surface area contributed by atoms with Gasteiger partial charge in [0.1, 0.15) is 0 Å². The van der Waals surface area contributed by atoms with Crippen molar-refractivity contribution >= 4 is 0 Å². The van der Waals surface area contributed by atoms with Gasteiger partial charge in [0.15, 0.2) is 0 Å². The fraction of sp³-hybridized carbons (Fsp3) is 0.571. The molecule has 104 valence electrons. The molecule has 2 aromatic heterocycles. The van der Waals surface area contributed by atoms with Gasteiger partial charge in [-0.15, -0.1) is 0 Å². The summed E-state index contributed by atoms with van der Waals surface area (Å²) in [6, 6.07) is 4.21. The first-order chi connectivity index (χ1) is 9.24. The molecule has 0 radical (unpaired) electrons. The molecule has 0 aromatic carbocycles. The minimum absolute atomic E-state index is 0.837. The minimum Gasteiger partial charge on any atom is -0.306 e. The highest BCUT2D eigenvalue weighted by Gasteiger charge is 2.05. The second-order valence-electron chi connectivity index (χ2n) is 4.74. The standard InChI is InChI=1S/C14H23N5/c1-4-8-19-14(9-12(3)17-19)11-15-10-13-6-7-16-18(13)5-2/h6-7,9,15H,4-5,8,10-11H2,1-3H3. The zero-order chi connectivity index (χ0) is 13.7. The Morgan fingerprint density at radius 2 is 1.95 bits per heavy atom. The van der Waals surface area contributed by atoms with Gasteiger partial charge in [-0.25, -0.2) is 0 Å². The Morgan fingerprint density at radius 1 is 1.16 bits per heavy atom. The van der Waals surface area contributed by atoms with Crippen LogP contribution in [-0.4, -0.2) is 19.6 Å². The quantitative estimate of drug-likeness (QED) is 0.830. The molecule has 0 aliphatic rings. The molecule has 5 nitrogen and oxygen atoms in total. The van der Waals surface area contributed by atoms with Crippen LogP contribution in [0.1, 0.15) is 37.4 Å². The van der Waals surface area contributed by atoms with Crippen LogP contribution in [0.4, 0.5) is 0 Å². The molecular formula is C14H23N5. The number of aryl methyl sites for hydroxylation is 3. The predicted molar refractivity (Wildman–Crippen MR) is 75.7 cm³/mol. The van der Waals surface area contributed by atoms with Crippen molar-refractivity contribution in [1.29, 1.82) is 0 Å². The molecule has 2 rings (SSSR count). The first-order valence-corrected chi connectivity index (χ1v) is 6.99. The molecule has 0 aliphatic heterocycles. The Hall–Kier alpha value is -1.62. The van der Waals surface area contributed by atoms with Crippen LogP contribution >= 0.6 is 0 Å². The van der Waals surface area contributed by atoms with Crippen LogP contribution in [0.25, 0.3) is 0 Å². The third-order valence-electron chi connectivity index (χ3n) is 3.14. The zero-order valence-electron chi connectivity index (χ0n) is 12.1. The zero-order valence-corrected chi connectivity index (χ0v) is 12.1. The summed E-state index contributed by atoms with van der Waals surface area (Å²) in [6.07, 6.45) is 2.96. The molecule has 0 unspecified atom stereocenters. The van der Waals surface area contributed by atoms with Crippen molar-refractivity contribution < 1.29 is 0 Å². The smallest absolute Gasteiger partial charge is 0.0597 e. The van der Waals surface area contributed by atoms with Crippen molar-refractivity contribution in [3.05, 3.63) is 35.4 Å². The monoisotopic (exact) mass is 261 g/mol. The summed E-state index contributed by atoms with van der Waals surface area (Å²) in [5.41, 5.74) is 3.56. The van der Waals surface area contributed by atoms with Crippen molar-refractivity contribution in [2.24, 2.45) is 0 Å². The highest BCUT2D eigenvalue weighted by atomic mass is 15.3. The molecule has 19 heavy (non-hydrogen) atoms. The van der Waals surface area contributed by atoms with E-state index in [1.165, 1.54) is 11.4 Å². The first kappa shape index (κ1) is 13.8. The molecular weight excluding hydrogens is 238 g/mol. The Labute approximate surface area is 114 Å². The van der Waals surface area contributed by atoms with Crippen molar-refractivity contribution in [3.63, 3.8) is 0 Å². The highest BCUT2D eigenvalue weighted by Crippen LogP contribution is 2.05. The number of nitrogens with one attached hydrogen (secondary N) is 1. The summed E-state index contributed by atoms with van der Waals surface area (Å²) in [4.78, 5) is 0. The van der Waals surface area contributed by atoms with Gasteiger partial charge < -0.3 is 5.32 Å². The fourth-order valence-electron chi connectivity index (χ4n) is 2.26. The summed E-state index contributed by atoms with van der Waals surface area (Å²) in [5.74, 6) is 0. The summed E-state index contributed by atoms with van der Waals surface area (Å²) in [6.45, 7) is 9.90. The molecule has 0 bridgehead atoms. The summed E-state index contributed by atoms with van der Waals surface area (Å²) >= 11 is 0. The SMILES string of the molecule is CCCn1nc(C)cc1CNCc1ccnn1CC. The maximum absolute atomic E-state index is 4.51. The molecule has 0 atom stereocenters. The van der Waals surface area contributed by atoms with Crippen molar-refractivity contribution in [2.45, 2.75) is 53.4 Å². The summed E-state index contributed by atoms with van der Waals surface area (Å²) < 4.78 is 4.11. The van der Waals surface area contributed by atoms with E-state index in [-0.39, 0.29) is 0 Å². The van der Waals surface area contributed by atoms with Crippen LogP contribution in [0.5, 0.6) is 0 Å². The molecule has 0 spiro atoms. The molecule has 0 aliphatic carbocycles. The molecule has 0 saturated carbocycles. The lowest BCUT2D eigenvalue weighted by Crippen LogP contribution is -2.18. The van der Waals surface area contributed by atoms with Gasteiger partial charge in [0, 0.05) is 32.4 Å². The van der Waals surface area contributed by atoms with E-state index in [1.54, 1.807) is 0 Å². The number of aromatic nitrogens is 4. The van der Waals surface area contributed by atoms with E-state index in [2.05, 4.69) is 46.2 Å². The Balaban J connectivity index is 1.92. The van der Waals surface area contributed by atoms with Gasteiger partial charge in [-0.1, -0.05) is 6.92 Å². The van der Waals surface area contributed by atoms with E-state index < -0.39 is 0 Å². The lowest BCUT2D eigenvalue weighted by atomic mass is 10.3. The van der Waals surface area contributed by atoms with Gasteiger partial charge in [-0.3, -0.25) is 9.36 Å². The Kier molecular flexibility index (Phi) is 4.74. The topological polar surface area (TPSA) is 47.7 Å². The van der Waals surface area contributed by atoms with Crippen LogP contribution < -0.4 is 5.32 Å². The second kappa shape index (κ2) is 6.52. The van der Waals surface area contributed by atoms with Gasteiger partial charge in [-0.05, 0) is 32.4 Å². The van der Waals surface area contributed by atoms with Gasteiger partial charge in [0.05, 0.1) is 17.1 Å². The number of rotatable bonds is 7. The van der Waals surface area contributed by atoms with Crippen molar-refractivity contribution in [3.8, 4) is 0 Å². The number of hydrogen-bond acceptors (Lipinski definition) is 3. The third-order valence-corrected chi connectivity index (χ3v) is 3.14. The number of nitrogens with zero attached hydrogens (tertiary/aromatic N) is 4. The molecule has 0 saturated heterocycles. The molecule has 2 aromatic rings. The first-order valence-electron chi connectivity index (χ1n) is 6.99. The van der Waals surface area contributed by atoms with Gasteiger partial charge >= 0.3 is 0 Å². The van der Waals surface area contributed by atoms with E-state index in [4.69, 9.17) is 0 Å². The van der Waals surface area contributed by atoms with Crippen LogP contribution in [-0.2, 0) is 26.2 Å². The van der Waals surface area contributed by atoms with Gasteiger partial charge in [-0.2, -0.15) is 10.2 Å². The average molecular weight is 261 g/mol. The molecule has 2 heterocycles. The van der Waals surface area contributed by atoms with Crippen LogP contribution in [0.2, 0.25) is 0 Å². The predicted octanol–water partition coefficient (Wildman–Crippen LogP) is 2.11. The number of hydrogen-bond donors (Lipinski definition) is 1. The van der Waals surface area contributed by atoms with Gasteiger partial charge in [0.25, 0.3) is 0 Å². The van der Waals surface area contributed by atoms with Crippen molar-refractivity contribution in [1.82, 2.24) is 24.9 Å². The fourth-order valence-corrected chi connectivity index (χ4v) is 2.26. The average Bonchev–Trinajstić information content (AvgIpc) is 2.97. The Bertz CT molecular complexity index is 512. The summed E-state index contributed by atoms with van der Waals surface area (Å²) in [7, 11) is 0. The largest absolute Gasteiger partial charge is 0.306 e. The van der Waals surface area contributed by atoms with E-state index in [9.17, 15) is 0 Å². The minimum atomic E-state index is 0.837. The van der Waals surface area contributed by atoms with E-state index in [0.29, 0.717) is 0 Å². The highest BCUT2D eigenvalue weighted by molar-refractivity contribution is 5.09. The van der Waals surface area contributed by atoms with Gasteiger partial charge in [0.2, 0.25) is 0 Å². The second-order valence-corrected chi connectivity index (χ2v) is 4.74. The lowest BCUT2D eigenvalue weighted by Gasteiger charge is -2.08. The van der Waals surface area contributed by atoms with E-state index >= 15 is 0 Å². The van der Waals surface area contributed by atoms with Crippen LogP contribution in [0.15, 0.2) is 18.3 Å². The maximum atomic E-state index is 4.51. The van der Waals surface area contributed by atoms with Crippen LogP contribution in [0.3, 0.4) is 0 Å². The molecule has 1 N–H and O–H groups in total. The molecule has 5 heteroatoms. The van der Waals surface area contributed by atoms with Crippen molar-refractivity contribution in [2.75, 3.05) is 0 Å². The summed E-state index contributed by atoms with van der Waals surface area (Å²) in [5, 5.41) is 12.2. The lowest BCUT2D eigenvalue weighted by molar-refractivity contribution is 0.534. The van der Waals surface area contributed by atoms with E-state index in [0.717, 1.165) is 38.3 Å². The molecule has 0 amide bonds. The van der Waals surface area contributed by atoms with E-state index in [1.807, 2.05) is 17.8 Å².